The summed E-state index contributed by atoms with van der Waals surface area (Å²) >= 11 is 6.09. The van der Waals surface area contributed by atoms with E-state index in [1.807, 2.05) is 78.0 Å². The van der Waals surface area contributed by atoms with Crippen LogP contribution in [0.15, 0.2) is 83.8 Å². The van der Waals surface area contributed by atoms with Gasteiger partial charge in [-0.15, -0.1) is 0 Å². The smallest absolute Gasteiger partial charge is 0.175 e. The molecule has 0 aliphatic carbocycles. The van der Waals surface area contributed by atoms with Crippen LogP contribution in [-0.4, -0.2) is 31.3 Å². The number of halogens is 1. The largest absolute Gasteiger partial charge is 0.328 e. The topological polar surface area (TPSA) is 55.2 Å². The van der Waals surface area contributed by atoms with Crippen molar-refractivity contribution in [1.82, 2.24) is 9.55 Å². The molecule has 0 saturated carbocycles. The molecule has 4 aromatic rings. The molecule has 0 amide bonds. The highest BCUT2D eigenvalue weighted by Crippen LogP contribution is 2.34. The molecule has 5 nitrogen and oxygen atoms in total. The lowest BCUT2D eigenvalue weighted by Gasteiger charge is -2.18. The SMILES string of the molecule is Cc1c(N(C)c2ccccc2)nc(-c2ccc(Cl)cc2)n1-c1ccc(S(C)(=O)=O)cc1. The summed E-state index contributed by atoms with van der Waals surface area (Å²) in [7, 11) is -1.29. The van der Waals surface area contributed by atoms with Gasteiger partial charge in [0.2, 0.25) is 0 Å². The summed E-state index contributed by atoms with van der Waals surface area (Å²) in [5, 5.41) is 0.651. The predicted octanol–water partition coefficient (Wildman–Crippen LogP) is 5.67. The van der Waals surface area contributed by atoms with Gasteiger partial charge in [-0.05, 0) is 67.6 Å². The lowest BCUT2D eigenvalue weighted by Crippen LogP contribution is -2.11. The molecule has 0 atom stereocenters. The summed E-state index contributed by atoms with van der Waals surface area (Å²) in [6, 6.07) is 24.4. The fourth-order valence-corrected chi connectivity index (χ4v) is 4.29. The summed E-state index contributed by atoms with van der Waals surface area (Å²) in [5.74, 6) is 1.56. The van der Waals surface area contributed by atoms with Crippen LogP contribution in [0, 0.1) is 6.92 Å². The first kappa shape index (κ1) is 21.2. The number of hydrogen-bond donors (Lipinski definition) is 0. The van der Waals surface area contributed by atoms with Gasteiger partial charge in [0.1, 0.15) is 5.82 Å². The average molecular weight is 452 g/mol. The van der Waals surface area contributed by atoms with Crippen LogP contribution in [0.1, 0.15) is 5.69 Å². The zero-order valence-corrected chi connectivity index (χ0v) is 19.0. The van der Waals surface area contributed by atoms with Gasteiger partial charge in [0.05, 0.1) is 10.6 Å². The van der Waals surface area contributed by atoms with E-state index in [2.05, 4.69) is 0 Å². The molecule has 31 heavy (non-hydrogen) atoms. The second-order valence-electron chi connectivity index (χ2n) is 7.35. The molecule has 0 aliphatic rings. The van der Waals surface area contributed by atoms with E-state index in [4.69, 9.17) is 16.6 Å². The molecule has 1 aromatic heterocycles. The third-order valence-corrected chi connectivity index (χ3v) is 6.55. The maximum atomic E-state index is 11.9. The number of para-hydroxylation sites is 1. The molecule has 0 unspecified atom stereocenters. The maximum absolute atomic E-state index is 11.9. The van der Waals surface area contributed by atoms with Gasteiger partial charge in [-0.3, -0.25) is 4.57 Å². The van der Waals surface area contributed by atoms with E-state index in [9.17, 15) is 8.42 Å². The number of hydrogen-bond acceptors (Lipinski definition) is 4. The standard InChI is InChI=1S/C24H22ClN3O2S/c1-17-23(27(2)20-7-5-4-6-8-20)26-24(18-9-11-19(25)12-10-18)28(17)21-13-15-22(16-14-21)31(3,29)30/h4-16H,1-3H3. The first-order valence-corrected chi connectivity index (χ1v) is 12.0. The van der Waals surface area contributed by atoms with E-state index >= 15 is 0 Å². The predicted molar refractivity (Wildman–Crippen MR) is 126 cm³/mol. The summed E-state index contributed by atoms with van der Waals surface area (Å²) in [5.41, 5.74) is 3.69. The van der Waals surface area contributed by atoms with Gasteiger partial charge in [0, 0.05) is 35.3 Å². The lowest BCUT2D eigenvalue weighted by molar-refractivity contribution is 0.602. The number of nitrogens with zero attached hydrogens (tertiary/aromatic N) is 3. The van der Waals surface area contributed by atoms with E-state index in [0.29, 0.717) is 5.02 Å². The summed E-state index contributed by atoms with van der Waals surface area (Å²) in [4.78, 5) is 7.28. The van der Waals surface area contributed by atoms with Gasteiger partial charge in [0.25, 0.3) is 0 Å². The van der Waals surface area contributed by atoms with Crippen LogP contribution in [0.3, 0.4) is 0 Å². The highest BCUT2D eigenvalue weighted by atomic mass is 35.5. The molecule has 0 N–H and O–H groups in total. The van der Waals surface area contributed by atoms with Crippen LogP contribution in [-0.2, 0) is 9.84 Å². The Bertz CT molecular complexity index is 1310. The van der Waals surface area contributed by atoms with Crippen molar-refractivity contribution in [3.63, 3.8) is 0 Å². The molecule has 3 aromatic carbocycles. The average Bonchev–Trinajstić information content (AvgIpc) is 3.11. The van der Waals surface area contributed by atoms with E-state index in [0.717, 1.165) is 34.3 Å². The third kappa shape index (κ3) is 4.22. The Labute approximate surface area is 187 Å². The zero-order valence-electron chi connectivity index (χ0n) is 17.4. The number of sulfone groups is 1. The first-order chi connectivity index (χ1) is 14.8. The summed E-state index contributed by atoms with van der Waals surface area (Å²) < 4.78 is 25.8. The Kier molecular flexibility index (Phi) is 5.60. The van der Waals surface area contributed by atoms with Gasteiger partial charge >= 0.3 is 0 Å². The molecule has 7 heteroatoms. The number of aromatic nitrogens is 2. The van der Waals surface area contributed by atoms with Crippen LogP contribution in [0.2, 0.25) is 5.02 Å². The third-order valence-electron chi connectivity index (χ3n) is 5.17. The van der Waals surface area contributed by atoms with Crippen LogP contribution in [0.25, 0.3) is 17.1 Å². The Morgan fingerprint density at radius 1 is 0.903 bits per heavy atom. The van der Waals surface area contributed by atoms with Gasteiger partial charge in [-0.2, -0.15) is 0 Å². The van der Waals surface area contributed by atoms with Gasteiger partial charge in [0.15, 0.2) is 15.7 Å². The van der Waals surface area contributed by atoms with E-state index in [1.54, 1.807) is 24.3 Å². The molecule has 0 bridgehead atoms. The second-order valence-corrected chi connectivity index (χ2v) is 9.80. The fraction of sp³-hybridized carbons (Fsp3) is 0.125. The molecule has 1 heterocycles. The lowest BCUT2D eigenvalue weighted by atomic mass is 10.2. The quantitative estimate of drug-likeness (QED) is 0.392. The van der Waals surface area contributed by atoms with Crippen LogP contribution in [0.5, 0.6) is 0 Å². The molecule has 158 valence electrons. The van der Waals surface area contributed by atoms with Crippen molar-refractivity contribution in [2.75, 3.05) is 18.2 Å². The molecule has 4 rings (SSSR count). The Morgan fingerprint density at radius 2 is 1.52 bits per heavy atom. The van der Waals surface area contributed by atoms with Crippen molar-refractivity contribution in [2.24, 2.45) is 0 Å². The number of imidazole rings is 1. The van der Waals surface area contributed by atoms with Crippen molar-refractivity contribution in [1.29, 1.82) is 0 Å². The number of benzene rings is 3. The molecular formula is C24H22ClN3O2S. The first-order valence-electron chi connectivity index (χ1n) is 9.70. The van der Waals surface area contributed by atoms with Gasteiger partial charge in [-0.1, -0.05) is 29.8 Å². The van der Waals surface area contributed by atoms with Gasteiger partial charge < -0.3 is 4.90 Å². The molecule has 0 spiro atoms. The van der Waals surface area contributed by atoms with Gasteiger partial charge in [-0.25, -0.2) is 13.4 Å². The fourth-order valence-electron chi connectivity index (χ4n) is 3.53. The molecule has 0 aliphatic heterocycles. The van der Waals surface area contributed by atoms with Crippen molar-refractivity contribution in [3.8, 4) is 17.1 Å². The highest BCUT2D eigenvalue weighted by molar-refractivity contribution is 7.90. The van der Waals surface area contributed by atoms with Crippen LogP contribution < -0.4 is 4.90 Å². The molecule has 0 fully saturated rings. The minimum Gasteiger partial charge on any atom is -0.328 e. The monoisotopic (exact) mass is 451 g/mol. The maximum Gasteiger partial charge on any atom is 0.175 e. The minimum absolute atomic E-state index is 0.281. The highest BCUT2D eigenvalue weighted by Gasteiger charge is 2.20. The molecule has 0 radical (unpaired) electrons. The van der Waals surface area contributed by atoms with Crippen molar-refractivity contribution >= 4 is 32.9 Å². The van der Waals surface area contributed by atoms with Crippen molar-refractivity contribution in [2.45, 2.75) is 11.8 Å². The zero-order chi connectivity index (χ0) is 22.2. The number of rotatable bonds is 5. The minimum atomic E-state index is -3.27. The van der Waals surface area contributed by atoms with E-state index < -0.39 is 9.84 Å². The van der Waals surface area contributed by atoms with Crippen molar-refractivity contribution < 1.29 is 8.42 Å². The summed E-state index contributed by atoms with van der Waals surface area (Å²) in [6.07, 6.45) is 1.20. The second kappa shape index (κ2) is 8.21. The Morgan fingerprint density at radius 3 is 2.10 bits per heavy atom. The van der Waals surface area contributed by atoms with Crippen LogP contribution >= 0.6 is 11.6 Å². The number of anilines is 2. The van der Waals surface area contributed by atoms with Crippen LogP contribution in [0.4, 0.5) is 11.5 Å². The van der Waals surface area contributed by atoms with E-state index in [1.165, 1.54) is 6.26 Å². The molecular weight excluding hydrogens is 430 g/mol. The Balaban J connectivity index is 1.90. The molecule has 0 saturated heterocycles. The van der Waals surface area contributed by atoms with Crippen molar-refractivity contribution in [3.05, 3.63) is 89.6 Å². The normalized spacial score (nSPS) is 11.5. The Hall–Kier alpha value is -3.09. The van der Waals surface area contributed by atoms with E-state index in [-0.39, 0.29) is 4.90 Å². The summed E-state index contributed by atoms with van der Waals surface area (Å²) in [6.45, 7) is 2.01.